The monoisotopic (exact) mass is 382 g/mol. The topological polar surface area (TPSA) is 92.9 Å². The van der Waals surface area contributed by atoms with Crippen LogP contribution in [0.15, 0.2) is 0 Å². The van der Waals surface area contributed by atoms with Gasteiger partial charge < -0.3 is 15.7 Å². The minimum absolute atomic E-state index is 0.0238. The Hall–Kier alpha value is -1.14. The lowest BCUT2D eigenvalue weighted by atomic mass is 9.71. The van der Waals surface area contributed by atoms with Gasteiger partial charge in [-0.15, -0.1) is 5.06 Å². The molecule has 2 aliphatic carbocycles. The van der Waals surface area contributed by atoms with Crippen LogP contribution in [0.25, 0.3) is 0 Å². The number of carbonyl (C=O) groups is 2. The van der Waals surface area contributed by atoms with Gasteiger partial charge in [0.05, 0.1) is 0 Å². The minimum atomic E-state index is -1.45. The van der Waals surface area contributed by atoms with E-state index in [0.717, 1.165) is 25.7 Å². The molecule has 0 aromatic heterocycles. The zero-order chi connectivity index (χ0) is 20.1. The maximum atomic E-state index is 12.6. The molecule has 3 N–H and O–H groups in total. The molecule has 27 heavy (non-hydrogen) atoms. The number of nitrogens with two attached hydrogens (primary N) is 1. The molecule has 0 aliphatic heterocycles. The summed E-state index contributed by atoms with van der Waals surface area (Å²) in [6.45, 7) is 5.38. The summed E-state index contributed by atoms with van der Waals surface area (Å²) in [6.07, 6.45) is 11.6. The second kappa shape index (κ2) is 9.37. The molecule has 0 aromatic rings. The standard InChI is InChI=1S/C21H38N2O4/c1-20(2,3)21(22,19(25)26)15-14-18(24)27-23(16-10-6-4-7-11-16)17-12-8-5-9-13-17/h16-17H,4-15,22H2,1-3H3,(H,25,26)/t21-/m0/s1. The Morgan fingerprint density at radius 2 is 1.41 bits per heavy atom. The molecule has 6 nitrogen and oxygen atoms in total. The Kier molecular flexibility index (Phi) is 7.69. The molecule has 2 fully saturated rings. The number of hydroxylamine groups is 2. The number of carboxylic acid groups (broad SMARTS) is 1. The van der Waals surface area contributed by atoms with Gasteiger partial charge in [-0.3, -0.25) is 9.59 Å². The lowest BCUT2D eigenvalue weighted by Crippen LogP contribution is -2.58. The van der Waals surface area contributed by atoms with Crippen molar-refractivity contribution in [2.24, 2.45) is 11.1 Å². The Morgan fingerprint density at radius 3 is 1.78 bits per heavy atom. The van der Waals surface area contributed by atoms with Crippen LogP contribution >= 0.6 is 0 Å². The van der Waals surface area contributed by atoms with Crippen LogP contribution in [-0.4, -0.2) is 39.7 Å². The van der Waals surface area contributed by atoms with Gasteiger partial charge in [0.1, 0.15) is 5.54 Å². The molecule has 2 rings (SSSR count). The fraction of sp³-hybridized carbons (Fsp3) is 0.905. The molecule has 6 heteroatoms. The van der Waals surface area contributed by atoms with E-state index in [2.05, 4.69) is 0 Å². The van der Waals surface area contributed by atoms with Crippen molar-refractivity contribution in [3.63, 3.8) is 0 Å². The number of aliphatic carboxylic acids is 1. The third-order valence-corrected chi connectivity index (χ3v) is 6.52. The zero-order valence-corrected chi connectivity index (χ0v) is 17.3. The van der Waals surface area contributed by atoms with Crippen LogP contribution in [0.5, 0.6) is 0 Å². The first-order chi connectivity index (χ1) is 12.6. The van der Waals surface area contributed by atoms with Crippen LogP contribution in [0.1, 0.15) is 97.8 Å². The van der Waals surface area contributed by atoms with Gasteiger partial charge in [-0.25, -0.2) is 0 Å². The van der Waals surface area contributed by atoms with Crippen molar-refractivity contribution in [1.82, 2.24) is 5.06 Å². The van der Waals surface area contributed by atoms with Gasteiger partial charge in [0.2, 0.25) is 0 Å². The summed E-state index contributed by atoms with van der Waals surface area (Å²) in [5.41, 5.74) is 4.06. The summed E-state index contributed by atoms with van der Waals surface area (Å²) in [7, 11) is 0. The molecule has 0 radical (unpaired) electrons. The third kappa shape index (κ3) is 5.67. The van der Waals surface area contributed by atoms with Gasteiger partial charge in [0.25, 0.3) is 0 Å². The summed E-state index contributed by atoms with van der Waals surface area (Å²) >= 11 is 0. The fourth-order valence-corrected chi connectivity index (χ4v) is 4.38. The fourth-order valence-electron chi connectivity index (χ4n) is 4.38. The highest BCUT2D eigenvalue weighted by molar-refractivity contribution is 5.80. The van der Waals surface area contributed by atoms with E-state index >= 15 is 0 Å². The number of hydrogen-bond acceptors (Lipinski definition) is 5. The summed E-state index contributed by atoms with van der Waals surface area (Å²) < 4.78 is 0. The average molecular weight is 383 g/mol. The molecule has 1 atom stereocenters. The predicted molar refractivity (Wildman–Crippen MR) is 105 cm³/mol. The number of hydrogen-bond donors (Lipinski definition) is 2. The van der Waals surface area contributed by atoms with Gasteiger partial charge in [-0.05, 0) is 37.5 Å². The number of nitrogens with zero attached hydrogens (tertiary/aromatic N) is 1. The largest absolute Gasteiger partial charge is 0.480 e. The molecule has 2 saturated carbocycles. The van der Waals surface area contributed by atoms with E-state index in [1.807, 2.05) is 5.06 Å². The highest BCUT2D eigenvalue weighted by Crippen LogP contribution is 2.34. The Bertz CT molecular complexity index is 487. The van der Waals surface area contributed by atoms with Gasteiger partial charge in [-0.2, -0.15) is 0 Å². The van der Waals surface area contributed by atoms with Crippen LogP contribution in [0.2, 0.25) is 0 Å². The third-order valence-electron chi connectivity index (χ3n) is 6.52. The first-order valence-corrected chi connectivity index (χ1v) is 10.7. The summed E-state index contributed by atoms with van der Waals surface area (Å²) in [5.74, 6) is -1.43. The average Bonchev–Trinajstić information content (AvgIpc) is 2.64. The maximum absolute atomic E-state index is 12.6. The van der Waals surface area contributed by atoms with Crippen molar-refractivity contribution >= 4 is 11.9 Å². The van der Waals surface area contributed by atoms with Crippen LogP contribution in [-0.2, 0) is 14.4 Å². The van der Waals surface area contributed by atoms with Crippen molar-refractivity contribution < 1.29 is 19.5 Å². The minimum Gasteiger partial charge on any atom is -0.480 e. The Labute approximate surface area is 163 Å². The molecule has 156 valence electrons. The van der Waals surface area contributed by atoms with E-state index in [1.165, 1.54) is 38.5 Å². The van der Waals surface area contributed by atoms with E-state index in [1.54, 1.807) is 20.8 Å². The van der Waals surface area contributed by atoms with E-state index in [-0.39, 0.29) is 18.8 Å². The highest BCUT2D eigenvalue weighted by Gasteiger charge is 2.45. The molecule has 0 spiro atoms. The van der Waals surface area contributed by atoms with Gasteiger partial charge in [0, 0.05) is 18.5 Å². The molecule has 0 amide bonds. The van der Waals surface area contributed by atoms with Crippen LogP contribution in [0, 0.1) is 5.41 Å². The lowest BCUT2D eigenvalue weighted by molar-refractivity contribution is -0.223. The van der Waals surface area contributed by atoms with Crippen molar-refractivity contribution in [2.45, 2.75) is 115 Å². The first-order valence-electron chi connectivity index (χ1n) is 10.7. The Balaban J connectivity index is 2.01. The van der Waals surface area contributed by atoms with Gasteiger partial charge in [-0.1, -0.05) is 59.3 Å². The molecule has 0 aromatic carbocycles. The van der Waals surface area contributed by atoms with E-state index in [0.29, 0.717) is 12.1 Å². The molecule has 0 bridgehead atoms. The second-order valence-electron chi connectivity index (χ2n) is 9.43. The summed E-state index contributed by atoms with van der Waals surface area (Å²) in [4.78, 5) is 30.2. The molecule has 2 aliphatic rings. The second-order valence-corrected chi connectivity index (χ2v) is 9.43. The van der Waals surface area contributed by atoms with Crippen molar-refractivity contribution in [1.29, 1.82) is 0 Å². The van der Waals surface area contributed by atoms with Gasteiger partial charge >= 0.3 is 11.9 Å². The predicted octanol–water partition coefficient (Wildman–Crippen LogP) is 4.02. The molecule has 0 unspecified atom stereocenters. The normalized spacial score (nSPS) is 22.4. The molecular weight excluding hydrogens is 344 g/mol. The first kappa shape index (κ1) is 22.2. The summed E-state index contributed by atoms with van der Waals surface area (Å²) in [5, 5.41) is 11.6. The van der Waals surface area contributed by atoms with E-state index in [4.69, 9.17) is 10.6 Å². The van der Waals surface area contributed by atoms with Crippen molar-refractivity contribution in [3.05, 3.63) is 0 Å². The quantitative estimate of drug-likeness (QED) is 0.646. The van der Waals surface area contributed by atoms with Crippen molar-refractivity contribution in [2.75, 3.05) is 0 Å². The molecular formula is C21H38N2O4. The smallest absolute Gasteiger partial charge is 0.325 e. The lowest BCUT2D eigenvalue weighted by Gasteiger charge is -2.40. The van der Waals surface area contributed by atoms with Crippen LogP contribution in [0.3, 0.4) is 0 Å². The number of carboxylic acids is 1. The molecule has 0 heterocycles. The summed E-state index contributed by atoms with van der Waals surface area (Å²) in [6, 6.07) is 0.603. The zero-order valence-electron chi connectivity index (χ0n) is 17.3. The Morgan fingerprint density at radius 1 is 0.963 bits per heavy atom. The highest BCUT2D eigenvalue weighted by atomic mass is 16.7. The number of carbonyl (C=O) groups excluding carboxylic acids is 1. The van der Waals surface area contributed by atoms with Crippen LogP contribution < -0.4 is 5.73 Å². The van der Waals surface area contributed by atoms with Crippen molar-refractivity contribution in [3.8, 4) is 0 Å². The van der Waals surface area contributed by atoms with Crippen LogP contribution in [0.4, 0.5) is 0 Å². The SMILES string of the molecule is CC(C)(C)[C@](N)(CCC(=O)ON(C1CCCCC1)C1CCCCC1)C(=O)O. The number of rotatable bonds is 7. The molecule has 0 saturated heterocycles. The maximum Gasteiger partial charge on any atom is 0.325 e. The van der Waals surface area contributed by atoms with E-state index in [9.17, 15) is 14.7 Å². The van der Waals surface area contributed by atoms with Gasteiger partial charge in [0.15, 0.2) is 0 Å². The van der Waals surface area contributed by atoms with E-state index < -0.39 is 16.9 Å².